The number of hydrogen-bond donors (Lipinski definition) is 1. The summed E-state index contributed by atoms with van der Waals surface area (Å²) in [6, 6.07) is 27.9. The molecule has 0 aliphatic carbocycles. The molecular formula is C19H19ClO. The van der Waals surface area contributed by atoms with Gasteiger partial charge in [-0.3, -0.25) is 0 Å². The molecule has 0 fully saturated rings. The van der Waals surface area contributed by atoms with E-state index in [-0.39, 0.29) is 12.4 Å². The van der Waals surface area contributed by atoms with E-state index in [0.717, 1.165) is 5.56 Å². The Labute approximate surface area is 132 Å². The minimum absolute atomic E-state index is 0. The van der Waals surface area contributed by atoms with Crippen molar-refractivity contribution >= 4 is 12.4 Å². The van der Waals surface area contributed by atoms with Gasteiger partial charge in [-0.05, 0) is 35.7 Å². The van der Waals surface area contributed by atoms with Gasteiger partial charge in [0.15, 0.2) is 0 Å². The van der Waals surface area contributed by atoms with Crippen molar-refractivity contribution < 1.29 is 5.11 Å². The van der Waals surface area contributed by atoms with Gasteiger partial charge in [0.25, 0.3) is 0 Å². The molecule has 0 saturated carbocycles. The molecule has 0 radical (unpaired) electrons. The first-order valence-corrected chi connectivity index (χ1v) is 6.62. The van der Waals surface area contributed by atoms with Gasteiger partial charge in [-0.1, -0.05) is 72.8 Å². The lowest BCUT2D eigenvalue weighted by Crippen LogP contribution is -1.73. The van der Waals surface area contributed by atoms with Crippen LogP contribution in [-0.4, -0.2) is 5.11 Å². The summed E-state index contributed by atoms with van der Waals surface area (Å²) in [6.07, 6.45) is 0. The highest BCUT2D eigenvalue weighted by Gasteiger charge is 1.91. The van der Waals surface area contributed by atoms with Gasteiger partial charge in [-0.25, -0.2) is 0 Å². The molecule has 0 amide bonds. The molecule has 0 aliphatic rings. The zero-order chi connectivity index (χ0) is 14.2. The predicted molar refractivity (Wildman–Crippen MR) is 92.0 cm³/mol. The average molecular weight is 299 g/mol. The summed E-state index contributed by atoms with van der Waals surface area (Å²) >= 11 is 0. The molecule has 0 aromatic heterocycles. The van der Waals surface area contributed by atoms with Crippen molar-refractivity contribution in [1.29, 1.82) is 0 Å². The Balaban J connectivity index is 0.000000216. The Morgan fingerprint density at radius 2 is 1.10 bits per heavy atom. The van der Waals surface area contributed by atoms with Crippen molar-refractivity contribution in [1.82, 2.24) is 0 Å². The topological polar surface area (TPSA) is 20.2 Å². The molecule has 3 aromatic carbocycles. The van der Waals surface area contributed by atoms with Crippen LogP contribution in [0.4, 0.5) is 0 Å². The summed E-state index contributed by atoms with van der Waals surface area (Å²) in [5.74, 6) is 0.338. The Morgan fingerprint density at radius 3 is 1.43 bits per heavy atom. The fraction of sp³-hybridized carbons (Fsp3) is 0.0526. The molecule has 0 atom stereocenters. The van der Waals surface area contributed by atoms with Crippen LogP contribution in [0.3, 0.4) is 0 Å². The molecule has 21 heavy (non-hydrogen) atoms. The van der Waals surface area contributed by atoms with Crippen LogP contribution in [0.25, 0.3) is 11.1 Å². The number of hydrogen-bond acceptors (Lipinski definition) is 1. The van der Waals surface area contributed by atoms with E-state index < -0.39 is 0 Å². The lowest BCUT2D eigenvalue weighted by Gasteiger charge is -1.98. The van der Waals surface area contributed by atoms with E-state index in [1.807, 2.05) is 31.2 Å². The number of phenolic OH excluding ortho intramolecular Hbond substituents is 1. The van der Waals surface area contributed by atoms with E-state index in [1.165, 1.54) is 11.1 Å². The second kappa shape index (κ2) is 8.83. The van der Waals surface area contributed by atoms with E-state index in [4.69, 9.17) is 5.11 Å². The predicted octanol–water partition coefficient (Wildman–Crippen LogP) is 5.48. The van der Waals surface area contributed by atoms with Gasteiger partial charge in [0.2, 0.25) is 0 Å². The second-order valence-corrected chi connectivity index (χ2v) is 4.57. The number of rotatable bonds is 1. The van der Waals surface area contributed by atoms with Crippen molar-refractivity contribution in [2.75, 3.05) is 0 Å². The van der Waals surface area contributed by atoms with Crippen LogP contribution >= 0.6 is 12.4 Å². The van der Waals surface area contributed by atoms with E-state index in [2.05, 4.69) is 48.5 Å². The fourth-order valence-electron chi connectivity index (χ4n) is 1.89. The third-order valence-electron chi connectivity index (χ3n) is 2.88. The highest BCUT2D eigenvalue weighted by molar-refractivity contribution is 5.85. The molecule has 3 rings (SSSR count). The fourth-order valence-corrected chi connectivity index (χ4v) is 1.89. The van der Waals surface area contributed by atoms with Gasteiger partial charge in [-0.2, -0.15) is 0 Å². The summed E-state index contributed by atoms with van der Waals surface area (Å²) < 4.78 is 0. The Hall–Kier alpha value is -2.25. The summed E-state index contributed by atoms with van der Waals surface area (Å²) in [5, 5.41) is 8.81. The quantitative estimate of drug-likeness (QED) is 0.631. The normalized spacial score (nSPS) is 9.00. The molecule has 1 N–H and O–H groups in total. The van der Waals surface area contributed by atoms with Crippen molar-refractivity contribution in [3.8, 4) is 16.9 Å². The third-order valence-corrected chi connectivity index (χ3v) is 2.88. The first kappa shape index (κ1) is 16.8. The summed E-state index contributed by atoms with van der Waals surface area (Å²) in [4.78, 5) is 0. The van der Waals surface area contributed by atoms with E-state index in [0.29, 0.717) is 5.75 Å². The Bertz CT molecular complexity index is 581. The number of aryl methyl sites for hydroxylation is 1. The number of benzene rings is 3. The SMILES string of the molecule is Cc1cccc(O)c1.Cl.c1ccc(-c2ccccc2)cc1. The van der Waals surface area contributed by atoms with Crippen LogP contribution in [0.5, 0.6) is 5.75 Å². The van der Waals surface area contributed by atoms with Crippen LogP contribution in [0, 0.1) is 6.92 Å². The maximum atomic E-state index is 8.81. The highest BCUT2D eigenvalue weighted by Crippen LogP contribution is 2.17. The molecule has 108 valence electrons. The molecule has 2 heteroatoms. The van der Waals surface area contributed by atoms with Gasteiger partial charge in [0.05, 0.1) is 0 Å². The number of halogens is 1. The van der Waals surface area contributed by atoms with Crippen LogP contribution in [0.15, 0.2) is 84.9 Å². The molecular weight excluding hydrogens is 280 g/mol. The lowest BCUT2D eigenvalue weighted by atomic mass is 10.1. The molecule has 1 nitrogen and oxygen atoms in total. The van der Waals surface area contributed by atoms with Crippen LogP contribution in [-0.2, 0) is 0 Å². The molecule has 3 aromatic rings. The first-order valence-electron chi connectivity index (χ1n) is 6.62. The number of aromatic hydroxyl groups is 1. The number of phenols is 1. The standard InChI is InChI=1S/C12H10.C7H8O.ClH/c1-3-7-11(8-4-1)12-9-5-2-6-10-12;1-6-3-2-4-7(8)5-6;/h1-10H;2-5,8H,1H3;1H. The molecule has 0 aliphatic heterocycles. The molecule has 0 spiro atoms. The molecule has 0 saturated heterocycles. The maximum Gasteiger partial charge on any atom is 0.115 e. The average Bonchev–Trinajstić information content (AvgIpc) is 2.49. The van der Waals surface area contributed by atoms with Crippen molar-refractivity contribution in [3.63, 3.8) is 0 Å². The van der Waals surface area contributed by atoms with Gasteiger partial charge in [0.1, 0.15) is 5.75 Å². The summed E-state index contributed by atoms with van der Waals surface area (Å²) in [7, 11) is 0. The van der Waals surface area contributed by atoms with Crippen LogP contribution in [0.1, 0.15) is 5.56 Å². The van der Waals surface area contributed by atoms with Crippen LogP contribution in [0.2, 0.25) is 0 Å². The zero-order valence-electron chi connectivity index (χ0n) is 11.9. The summed E-state index contributed by atoms with van der Waals surface area (Å²) in [6.45, 7) is 1.94. The van der Waals surface area contributed by atoms with E-state index in [9.17, 15) is 0 Å². The largest absolute Gasteiger partial charge is 0.508 e. The lowest BCUT2D eigenvalue weighted by molar-refractivity contribution is 0.475. The van der Waals surface area contributed by atoms with Gasteiger partial charge < -0.3 is 5.11 Å². The van der Waals surface area contributed by atoms with Gasteiger partial charge in [-0.15, -0.1) is 12.4 Å². The van der Waals surface area contributed by atoms with E-state index >= 15 is 0 Å². The van der Waals surface area contributed by atoms with E-state index in [1.54, 1.807) is 12.1 Å². The molecule has 0 bridgehead atoms. The third kappa shape index (κ3) is 5.72. The first-order chi connectivity index (χ1) is 9.75. The maximum absolute atomic E-state index is 8.81. The summed E-state index contributed by atoms with van der Waals surface area (Å²) in [5.41, 5.74) is 3.64. The molecule has 0 heterocycles. The Kier molecular flexibility index (Phi) is 7.06. The van der Waals surface area contributed by atoms with Gasteiger partial charge >= 0.3 is 0 Å². The smallest absolute Gasteiger partial charge is 0.115 e. The highest BCUT2D eigenvalue weighted by atomic mass is 35.5. The van der Waals surface area contributed by atoms with Crippen molar-refractivity contribution in [3.05, 3.63) is 90.5 Å². The minimum Gasteiger partial charge on any atom is -0.508 e. The van der Waals surface area contributed by atoms with Crippen molar-refractivity contribution in [2.45, 2.75) is 6.92 Å². The molecule has 0 unspecified atom stereocenters. The monoisotopic (exact) mass is 298 g/mol. The van der Waals surface area contributed by atoms with Crippen molar-refractivity contribution in [2.24, 2.45) is 0 Å². The zero-order valence-corrected chi connectivity index (χ0v) is 12.8. The van der Waals surface area contributed by atoms with Crippen LogP contribution < -0.4 is 0 Å². The minimum atomic E-state index is 0. The Morgan fingerprint density at radius 1 is 0.619 bits per heavy atom. The van der Waals surface area contributed by atoms with Gasteiger partial charge in [0, 0.05) is 0 Å². The second-order valence-electron chi connectivity index (χ2n) is 4.57.